The fraction of sp³-hybridized carbons (Fsp3) is 0.556. The van der Waals surface area contributed by atoms with Crippen LogP contribution in [-0.2, 0) is 37.0 Å². The fourth-order valence-corrected chi connectivity index (χ4v) is 8.69. The number of hydrogen-bond acceptors (Lipinski definition) is 9. The van der Waals surface area contributed by atoms with E-state index in [1.54, 1.807) is 19.0 Å². The van der Waals surface area contributed by atoms with Crippen LogP contribution in [0.3, 0.4) is 0 Å². The van der Waals surface area contributed by atoms with Gasteiger partial charge in [0.2, 0.25) is 0 Å². The van der Waals surface area contributed by atoms with E-state index in [9.17, 15) is 26.7 Å². The maximum absolute atomic E-state index is 12.7. The molecule has 1 saturated carbocycles. The summed E-state index contributed by atoms with van der Waals surface area (Å²) in [6.45, 7) is 8.65. The summed E-state index contributed by atoms with van der Waals surface area (Å²) in [5.74, 6) is 0.783. The minimum absolute atomic E-state index is 0.104. The van der Waals surface area contributed by atoms with Crippen LogP contribution >= 0.6 is 27.5 Å². The first-order valence-electron chi connectivity index (χ1n) is 17.7. The summed E-state index contributed by atoms with van der Waals surface area (Å²) in [6.07, 6.45) is 1.86. The van der Waals surface area contributed by atoms with Crippen LogP contribution in [0.2, 0.25) is 5.02 Å². The first-order valence-corrected chi connectivity index (χ1v) is 18.9. The van der Waals surface area contributed by atoms with Crippen LogP contribution in [-0.4, -0.2) is 87.9 Å². The highest BCUT2D eigenvalue weighted by atomic mass is 79.9. The molecule has 0 bridgehead atoms. The van der Waals surface area contributed by atoms with Gasteiger partial charge in [0.1, 0.15) is 12.4 Å². The molecule has 2 saturated heterocycles. The number of nitrogens with two attached hydrogens (primary N) is 1. The third-order valence-corrected chi connectivity index (χ3v) is 11.7. The van der Waals surface area contributed by atoms with Crippen LogP contribution < -0.4 is 15.4 Å². The highest BCUT2D eigenvalue weighted by molar-refractivity contribution is 9.10. The van der Waals surface area contributed by atoms with Crippen LogP contribution in [0, 0.1) is 5.41 Å². The van der Waals surface area contributed by atoms with Crippen molar-refractivity contribution < 1.29 is 36.2 Å². The van der Waals surface area contributed by atoms with Gasteiger partial charge in [-0.05, 0) is 91.2 Å². The van der Waals surface area contributed by atoms with Crippen molar-refractivity contribution in [2.75, 3.05) is 57.6 Å². The molecule has 1 aromatic carbocycles. The van der Waals surface area contributed by atoms with Gasteiger partial charge in [-0.25, -0.2) is 0 Å². The Morgan fingerprint density at radius 2 is 1.89 bits per heavy atom. The molecule has 4 aliphatic heterocycles. The Hall–Kier alpha value is -3.54. The molecule has 1 atom stereocenters. The summed E-state index contributed by atoms with van der Waals surface area (Å²) >= 11 is 9.00. The molecule has 8 rings (SSSR count). The van der Waals surface area contributed by atoms with Crippen molar-refractivity contribution in [1.82, 2.24) is 29.5 Å². The van der Waals surface area contributed by atoms with E-state index >= 15 is 0 Å². The van der Waals surface area contributed by atoms with Gasteiger partial charge in [0.25, 0.3) is 12.0 Å². The minimum Gasteiger partial charge on any atom is -0.461 e. The maximum atomic E-state index is 12.7. The van der Waals surface area contributed by atoms with E-state index in [1.807, 2.05) is 4.68 Å². The Balaban J connectivity index is 0.000000261. The lowest BCUT2D eigenvalue weighted by atomic mass is 9.89. The Kier molecular flexibility index (Phi) is 11.8. The third kappa shape index (κ3) is 8.79. The van der Waals surface area contributed by atoms with Crippen LogP contribution in [0.1, 0.15) is 71.5 Å². The van der Waals surface area contributed by atoms with E-state index < -0.39 is 17.8 Å². The second-order valence-electron chi connectivity index (χ2n) is 14.7. The van der Waals surface area contributed by atoms with E-state index in [2.05, 4.69) is 37.4 Å². The standard InChI is InChI=1S/C27H36BrN7O3.C7H5ClF3N.C2H2F2/c1-32(2)24(36)22-21(28)20-13-33(9-4-11-35(20)31-22)23-18-14-37-12-5-19(18)29-25(30-23)38-17-27-6-3-10-34(27)16-26(15-27)7-8-26;8-6-3-4(12)1-2-5(6)7(9,10)11;1-2(3)4/h3-17H2,1-2H3;1-3H,12H2;1H2. The number of nitrogens with zero attached hydrogens (tertiary/aromatic N) is 7. The molecular weight excluding hydrogens is 803 g/mol. The van der Waals surface area contributed by atoms with Gasteiger partial charge in [-0.2, -0.15) is 37.0 Å². The summed E-state index contributed by atoms with van der Waals surface area (Å²) in [6, 6.07) is 3.58. The van der Waals surface area contributed by atoms with Crippen molar-refractivity contribution >= 4 is 44.9 Å². The normalized spacial score (nSPS) is 21.1. The van der Waals surface area contributed by atoms with Crippen molar-refractivity contribution in [3.8, 4) is 6.01 Å². The molecule has 3 aromatic rings. The molecule has 54 heavy (non-hydrogen) atoms. The van der Waals surface area contributed by atoms with E-state index in [0.717, 1.165) is 71.4 Å². The SMILES string of the molecule is C=C(F)F.CN(C)C(=O)c1nn2c(c1Br)CN(c1nc(OCC34CCCN3CC3(CC3)C4)nc3c1COCC3)CCC2.Nc1ccc(C(F)(F)F)c(Cl)c1. The zero-order chi connectivity index (χ0) is 39.0. The van der Waals surface area contributed by atoms with Crippen LogP contribution in [0.4, 0.5) is 33.5 Å². The summed E-state index contributed by atoms with van der Waals surface area (Å²) in [7, 11) is 3.50. The Morgan fingerprint density at radius 3 is 2.56 bits per heavy atom. The number of rotatable bonds is 5. The van der Waals surface area contributed by atoms with Gasteiger partial charge in [0.15, 0.2) is 5.69 Å². The second kappa shape index (κ2) is 15.9. The number of halogens is 7. The molecule has 18 heteroatoms. The number of alkyl halides is 3. The van der Waals surface area contributed by atoms with Gasteiger partial charge in [0.05, 0.1) is 51.7 Å². The number of aromatic nitrogens is 4. The molecule has 0 radical (unpaired) electrons. The number of fused-ring (bicyclic) bond motifs is 3. The van der Waals surface area contributed by atoms with Crippen molar-refractivity contribution in [2.45, 2.75) is 76.4 Å². The first kappa shape index (κ1) is 40.1. The minimum atomic E-state index is -4.41. The van der Waals surface area contributed by atoms with Gasteiger partial charge < -0.3 is 25.0 Å². The quantitative estimate of drug-likeness (QED) is 0.208. The molecular formula is C36H43BrClF5N8O3. The summed E-state index contributed by atoms with van der Waals surface area (Å²) in [5, 5.41) is 4.28. The summed E-state index contributed by atoms with van der Waals surface area (Å²) in [4.78, 5) is 29.2. The molecule has 1 aliphatic carbocycles. The molecule has 2 aromatic heterocycles. The number of amides is 1. The number of aryl methyl sites for hydroxylation is 1. The Morgan fingerprint density at radius 1 is 1.15 bits per heavy atom. The molecule has 11 nitrogen and oxygen atoms in total. The average Bonchev–Trinajstić information content (AvgIpc) is 3.59. The Labute approximate surface area is 323 Å². The topological polar surface area (TPSA) is 115 Å². The lowest BCUT2D eigenvalue weighted by Gasteiger charge is -2.32. The van der Waals surface area contributed by atoms with E-state index in [-0.39, 0.29) is 22.2 Å². The molecule has 6 heterocycles. The number of anilines is 2. The van der Waals surface area contributed by atoms with E-state index in [1.165, 1.54) is 45.2 Å². The number of hydrogen-bond donors (Lipinski definition) is 1. The Bertz CT molecular complexity index is 1890. The number of carbonyl (C=O) groups excluding carboxylic acids is 1. The smallest absolute Gasteiger partial charge is 0.417 e. The highest BCUT2D eigenvalue weighted by Gasteiger charge is 2.60. The maximum Gasteiger partial charge on any atom is 0.417 e. The zero-order valence-corrected chi connectivity index (χ0v) is 32.5. The lowest BCUT2D eigenvalue weighted by molar-refractivity contribution is -0.137. The molecule has 1 unspecified atom stereocenters. The first-order chi connectivity index (χ1) is 25.5. The van der Waals surface area contributed by atoms with Crippen LogP contribution in [0.5, 0.6) is 6.01 Å². The van der Waals surface area contributed by atoms with Crippen molar-refractivity contribution in [3.63, 3.8) is 0 Å². The zero-order valence-electron chi connectivity index (χ0n) is 30.1. The molecule has 5 aliphatic rings. The molecule has 1 amide bonds. The largest absolute Gasteiger partial charge is 0.461 e. The van der Waals surface area contributed by atoms with Crippen LogP contribution in [0.25, 0.3) is 0 Å². The van der Waals surface area contributed by atoms with Crippen molar-refractivity contribution in [1.29, 1.82) is 0 Å². The number of carbonyl (C=O) groups is 1. The van der Waals surface area contributed by atoms with Crippen LogP contribution in [0.15, 0.2) is 35.3 Å². The van der Waals surface area contributed by atoms with Gasteiger partial charge in [-0.3, -0.25) is 14.4 Å². The average molecular weight is 846 g/mol. The van der Waals surface area contributed by atoms with Gasteiger partial charge in [-0.1, -0.05) is 11.6 Å². The van der Waals surface area contributed by atoms with Crippen molar-refractivity contribution in [3.05, 3.63) is 68.6 Å². The summed E-state index contributed by atoms with van der Waals surface area (Å²) < 4.78 is 71.5. The predicted octanol–water partition coefficient (Wildman–Crippen LogP) is 7.36. The number of nitrogen functional groups attached to an aromatic ring is 1. The van der Waals surface area contributed by atoms with Crippen molar-refractivity contribution in [2.24, 2.45) is 5.41 Å². The molecule has 1 spiro atoms. The van der Waals surface area contributed by atoms with Gasteiger partial charge >= 0.3 is 12.2 Å². The molecule has 294 valence electrons. The lowest BCUT2D eigenvalue weighted by Crippen LogP contribution is -2.43. The van der Waals surface area contributed by atoms with Gasteiger partial charge in [-0.15, -0.1) is 0 Å². The number of benzene rings is 1. The van der Waals surface area contributed by atoms with E-state index in [0.29, 0.717) is 43.5 Å². The fourth-order valence-electron chi connectivity index (χ4n) is 7.82. The monoisotopic (exact) mass is 844 g/mol. The van der Waals surface area contributed by atoms with Gasteiger partial charge in [0, 0.05) is 51.4 Å². The number of ether oxygens (including phenoxy) is 2. The third-order valence-electron chi connectivity index (χ3n) is 10.5. The van der Waals surface area contributed by atoms with E-state index in [4.69, 9.17) is 36.8 Å². The summed E-state index contributed by atoms with van der Waals surface area (Å²) in [5.41, 5.74) is 8.79. The highest BCUT2D eigenvalue weighted by Crippen LogP contribution is 2.60. The molecule has 2 N–H and O–H groups in total. The second-order valence-corrected chi connectivity index (χ2v) is 15.9. The molecule has 3 fully saturated rings. The predicted molar refractivity (Wildman–Crippen MR) is 197 cm³/mol.